The summed E-state index contributed by atoms with van der Waals surface area (Å²) in [7, 11) is 0. The van der Waals surface area contributed by atoms with Gasteiger partial charge in [-0.25, -0.2) is 14.5 Å². The highest BCUT2D eigenvalue weighted by molar-refractivity contribution is 5.97. The summed E-state index contributed by atoms with van der Waals surface area (Å²) in [5.41, 5.74) is 3.22. The third kappa shape index (κ3) is 3.57. The lowest BCUT2D eigenvalue weighted by Gasteiger charge is -2.16. The Morgan fingerprint density at radius 3 is 2.43 bits per heavy atom. The van der Waals surface area contributed by atoms with E-state index in [9.17, 15) is 9.59 Å². The van der Waals surface area contributed by atoms with Crippen LogP contribution in [0.2, 0.25) is 0 Å². The fourth-order valence-electron chi connectivity index (χ4n) is 3.13. The molecule has 0 spiro atoms. The molecule has 28 heavy (non-hydrogen) atoms. The molecular weight excluding hydrogens is 356 g/mol. The first-order chi connectivity index (χ1) is 13.6. The lowest BCUT2D eigenvalue weighted by atomic mass is 10.1. The second kappa shape index (κ2) is 7.51. The molecule has 1 aliphatic rings. The van der Waals surface area contributed by atoms with Crippen LogP contribution in [0.15, 0.2) is 61.2 Å². The molecule has 1 aromatic heterocycles. The smallest absolute Gasteiger partial charge is 0.321 e. The van der Waals surface area contributed by atoms with Gasteiger partial charge in [-0.15, -0.1) is 0 Å². The third-order valence-corrected chi connectivity index (χ3v) is 4.72. The molecule has 1 fully saturated rings. The standard InChI is InChI=1S/C20H20N6O2/c1-14(15-2-8-18(9-3-15)26-13-21-12-23-26)24-19(27)16-4-6-17(7-5-16)25-11-10-22-20(25)28/h2-9,12-14H,10-11H2,1H3,(H,22,28)(H,24,27). The van der Waals surface area contributed by atoms with Crippen molar-refractivity contribution in [2.75, 3.05) is 18.0 Å². The predicted molar refractivity (Wildman–Crippen MR) is 104 cm³/mol. The molecule has 0 radical (unpaired) electrons. The van der Waals surface area contributed by atoms with E-state index in [4.69, 9.17) is 0 Å². The van der Waals surface area contributed by atoms with Crippen LogP contribution in [0.25, 0.3) is 5.69 Å². The van der Waals surface area contributed by atoms with Crippen LogP contribution in [0, 0.1) is 0 Å². The summed E-state index contributed by atoms with van der Waals surface area (Å²) in [5, 5.41) is 9.86. The van der Waals surface area contributed by atoms with Crippen LogP contribution in [0.1, 0.15) is 28.9 Å². The van der Waals surface area contributed by atoms with Crippen molar-refractivity contribution >= 4 is 17.6 Å². The van der Waals surface area contributed by atoms with Crippen LogP contribution in [0.5, 0.6) is 0 Å². The maximum atomic E-state index is 12.6. The van der Waals surface area contributed by atoms with Gasteiger partial charge in [-0.1, -0.05) is 12.1 Å². The summed E-state index contributed by atoms with van der Waals surface area (Å²) in [6, 6.07) is 14.6. The van der Waals surface area contributed by atoms with Gasteiger partial charge in [0.1, 0.15) is 12.7 Å². The number of aromatic nitrogens is 3. The molecular formula is C20H20N6O2. The van der Waals surface area contributed by atoms with Crippen LogP contribution >= 0.6 is 0 Å². The Balaban J connectivity index is 1.40. The first-order valence-electron chi connectivity index (χ1n) is 9.03. The molecule has 2 heterocycles. The van der Waals surface area contributed by atoms with Gasteiger partial charge in [-0.05, 0) is 48.9 Å². The summed E-state index contributed by atoms with van der Waals surface area (Å²) in [5.74, 6) is -0.162. The molecule has 0 aliphatic carbocycles. The van der Waals surface area contributed by atoms with Gasteiger partial charge in [0.2, 0.25) is 0 Å². The molecule has 0 saturated carbocycles. The normalized spacial score (nSPS) is 14.6. The van der Waals surface area contributed by atoms with E-state index in [1.807, 2.05) is 31.2 Å². The lowest BCUT2D eigenvalue weighted by Crippen LogP contribution is -2.28. The van der Waals surface area contributed by atoms with Gasteiger partial charge in [-0.2, -0.15) is 5.10 Å². The van der Waals surface area contributed by atoms with Gasteiger partial charge in [0.25, 0.3) is 5.91 Å². The van der Waals surface area contributed by atoms with Gasteiger partial charge >= 0.3 is 6.03 Å². The van der Waals surface area contributed by atoms with Crippen LogP contribution < -0.4 is 15.5 Å². The van der Waals surface area contributed by atoms with Crippen LogP contribution in [0.4, 0.5) is 10.5 Å². The van der Waals surface area contributed by atoms with Crippen molar-refractivity contribution in [2.45, 2.75) is 13.0 Å². The largest absolute Gasteiger partial charge is 0.346 e. The number of benzene rings is 2. The first-order valence-corrected chi connectivity index (χ1v) is 9.03. The second-order valence-corrected chi connectivity index (χ2v) is 6.56. The van der Waals surface area contributed by atoms with Crippen molar-refractivity contribution in [1.29, 1.82) is 0 Å². The second-order valence-electron chi connectivity index (χ2n) is 6.56. The van der Waals surface area contributed by atoms with E-state index in [0.29, 0.717) is 18.7 Å². The van der Waals surface area contributed by atoms with E-state index in [1.54, 1.807) is 40.2 Å². The number of rotatable bonds is 5. The Hall–Kier alpha value is -3.68. The van der Waals surface area contributed by atoms with E-state index in [-0.39, 0.29) is 18.0 Å². The molecule has 1 saturated heterocycles. The van der Waals surface area contributed by atoms with Gasteiger partial charge in [0.15, 0.2) is 0 Å². The molecule has 1 aliphatic heterocycles. The third-order valence-electron chi connectivity index (χ3n) is 4.72. The zero-order chi connectivity index (χ0) is 19.5. The molecule has 0 bridgehead atoms. The highest BCUT2D eigenvalue weighted by Gasteiger charge is 2.21. The number of hydrogen-bond donors (Lipinski definition) is 2. The lowest BCUT2D eigenvalue weighted by molar-refractivity contribution is 0.0940. The fraction of sp³-hybridized carbons (Fsp3) is 0.200. The maximum absolute atomic E-state index is 12.6. The maximum Gasteiger partial charge on any atom is 0.321 e. The van der Waals surface area contributed by atoms with Crippen LogP contribution in [-0.2, 0) is 0 Å². The molecule has 4 rings (SSSR count). The zero-order valence-corrected chi connectivity index (χ0v) is 15.4. The Kier molecular flexibility index (Phi) is 4.76. The summed E-state index contributed by atoms with van der Waals surface area (Å²) >= 11 is 0. The van der Waals surface area contributed by atoms with E-state index in [0.717, 1.165) is 16.9 Å². The summed E-state index contributed by atoms with van der Waals surface area (Å²) in [4.78, 5) is 29.9. The SMILES string of the molecule is CC(NC(=O)c1ccc(N2CCNC2=O)cc1)c1ccc(-n2cncn2)cc1. The Morgan fingerprint density at radius 2 is 1.82 bits per heavy atom. The molecule has 2 aromatic carbocycles. The number of hydrogen-bond acceptors (Lipinski definition) is 4. The van der Waals surface area contributed by atoms with E-state index in [2.05, 4.69) is 20.7 Å². The fourth-order valence-corrected chi connectivity index (χ4v) is 3.13. The number of carbonyl (C=O) groups is 2. The molecule has 3 amide bonds. The summed E-state index contributed by atoms with van der Waals surface area (Å²) < 4.78 is 1.68. The first kappa shape index (κ1) is 17.7. The number of urea groups is 1. The van der Waals surface area contributed by atoms with E-state index < -0.39 is 0 Å². The highest BCUT2D eigenvalue weighted by Crippen LogP contribution is 2.19. The topological polar surface area (TPSA) is 92.2 Å². The number of nitrogens with zero attached hydrogens (tertiary/aromatic N) is 4. The number of carbonyl (C=O) groups excluding carboxylic acids is 2. The molecule has 3 aromatic rings. The van der Waals surface area contributed by atoms with Crippen molar-refractivity contribution in [3.63, 3.8) is 0 Å². The predicted octanol–water partition coefficient (Wildman–Crippen LogP) is 2.29. The quantitative estimate of drug-likeness (QED) is 0.715. The number of nitrogens with one attached hydrogen (secondary N) is 2. The average molecular weight is 376 g/mol. The number of anilines is 1. The van der Waals surface area contributed by atoms with Gasteiger partial charge < -0.3 is 10.6 Å². The molecule has 2 N–H and O–H groups in total. The van der Waals surface area contributed by atoms with Crippen molar-refractivity contribution in [3.8, 4) is 5.69 Å². The zero-order valence-electron chi connectivity index (χ0n) is 15.4. The summed E-state index contributed by atoms with van der Waals surface area (Å²) in [6.45, 7) is 3.20. The molecule has 8 nitrogen and oxygen atoms in total. The van der Waals surface area contributed by atoms with Crippen LogP contribution in [-0.4, -0.2) is 39.8 Å². The van der Waals surface area contributed by atoms with Crippen molar-refractivity contribution in [1.82, 2.24) is 25.4 Å². The minimum atomic E-state index is -0.162. The monoisotopic (exact) mass is 376 g/mol. The Labute approximate surface area is 162 Å². The Bertz CT molecular complexity index is 967. The molecule has 1 atom stereocenters. The van der Waals surface area contributed by atoms with Gasteiger partial charge in [0.05, 0.1) is 11.7 Å². The van der Waals surface area contributed by atoms with E-state index in [1.165, 1.54) is 6.33 Å². The molecule has 1 unspecified atom stereocenters. The van der Waals surface area contributed by atoms with Crippen molar-refractivity contribution in [2.24, 2.45) is 0 Å². The Morgan fingerprint density at radius 1 is 1.11 bits per heavy atom. The highest BCUT2D eigenvalue weighted by atomic mass is 16.2. The minimum Gasteiger partial charge on any atom is -0.346 e. The average Bonchev–Trinajstić information content (AvgIpc) is 3.40. The van der Waals surface area contributed by atoms with Crippen molar-refractivity contribution < 1.29 is 9.59 Å². The summed E-state index contributed by atoms with van der Waals surface area (Å²) in [6.07, 6.45) is 3.12. The number of amides is 3. The minimum absolute atomic E-state index is 0.111. The van der Waals surface area contributed by atoms with Gasteiger partial charge in [0, 0.05) is 24.3 Å². The van der Waals surface area contributed by atoms with E-state index >= 15 is 0 Å². The van der Waals surface area contributed by atoms with Crippen LogP contribution in [0.3, 0.4) is 0 Å². The van der Waals surface area contributed by atoms with Gasteiger partial charge in [-0.3, -0.25) is 9.69 Å². The molecule has 8 heteroatoms. The van der Waals surface area contributed by atoms with Crippen molar-refractivity contribution in [3.05, 3.63) is 72.3 Å². The molecule has 142 valence electrons.